The molecule has 0 aromatic carbocycles. The molecule has 4 nitrogen and oxygen atoms in total. The number of piperazine rings is 1. The number of likely N-dealkylation sites (tertiary alicyclic amines) is 1. The van der Waals surface area contributed by atoms with Crippen LogP contribution in [0.3, 0.4) is 0 Å². The minimum absolute atomic E-state index is 0. The Bertz CT molecular complexity index is 832. The minimum Gasteiger partial charge on any atom is -1.00 e. The molecular formula is C30H53I2N3O. The highest BCUT2D eigenvalue weighted by molar-refractivity contribution is 5.26. The van der Waals surface area contributed by atoms with Gasteiger partial charge < -0.3 is 62.0 Å². The summed E-state index contributed by atoms with van der Waals surface area (Å²) >= 11 is 0. The van der Waals surface area contributed by atoms with Gasteiger partial charge in [0, 0.05) is 44.8 Å². The molecular weight excluding hydrogens is 672 g/mol. The average Bonchev–Trinajstić information content (AvgIpc) is 3.35. The number of likely N-dealkylation sites (N-methyl/N-ethyl adjacent to an activating group) is 1. The summed E-state index contributed by atoms with van der Waals surface area (Å²) < 4.78 is 2.48. The Morgan fingerprint density at radius 1 is 0.917 bits per heavy atom. The molecule has 0 radical (unpaired) electrons. The lowest BCUT2D eigenvalue weighted by Crippen LogP contribution is -3.00. The molecule has 0 unspecified atom stereocenters. The van der Waals surface area contributed by atoms with E-state index < -0.39 is 0 Å². The van der Waals surface area contributed by atoms with E-state index in [1.807, 2.05) is 5.57 Å². The summed E-state index contributed by atoms with van der Waals surface area (Å²) in [7, 11) is 7.28. The Morgan fingerprint density at radius 2 is 1.58 bits per heavy atom. The standard InChI is InChI=1S/C30H53N3O.2HI/c1-29-12-10-23(33(5)16-6-7-17-33)20-22(29)8-9-24-25(29)11-13-30(2)26(24)21-27(28(30)34)31-14-18-32(3,4)19-15-31;;/h8,23-28,34H,6-7,9-21H2,1-5H3;2*1H/q+2;;/p-2/t23-,24+,25-,26-,27-,28-,29-,30-;;/m0../s1. The van der Waals surface area contributed by atoms with E-state index in [-0.39, 0.29) is 59.5 Å². The van der Waals surface area contributed by atoms with Crippen molar-refractivity contribution in [3.63, 3.8) is 0 Å². The summed E-state index contributed by atoms with van der Waals surface area (Å²) in [6.45, 7) is 12.7. The predicted octanol–water partition coefficient (Wildman–Crippen LogP) is -1.70. The summed E-state index contributed by atoms with van der Waals surface area (Å²) in [6, 6.07) is 1.26. The Morgan fingerprint density at radius 3 is 2.25 bits per heavy atom. The molecule has 0 amide bonds. The van der Waals surface area contributed by atoms with Crippen molar-refractivity contribution in [3.8, 4) is 0 Å². The van der Waals surface area contributed by atoms with Crippen LogP contribution in [0.5, 0.6) is 0 Å². The van der Waals surface area contributed by atoms with E-state index in [0.29, 0.717) is 17.4 Å². The van der Waals surface area contributed by atoms with Gasteiger partial charge in [-0.3, -0.25) is 4.90 Å². The van der Waals surface area contributed by atoms with E-state index in [2.05, 4.69) is 46.0 Å². The zero-order valence-corrected chi connectivity index (χ0v) is 28.0. The number of aliphatic hydroxyl groups is 1. The van der Waals surface area contributed by atoms with Crippen molar-refractivity contribution in [1.29, 1.82) is 0 Å². The second kappa shape index (κ2) is 10.5. The molecule has 6 heteroatoms. The molecule has 4 aliphatic carbocycles. The largest absolute Gasteiger partial charge is 1.00 e. The van der Waals surface area contributed by atoms with Crippen LogP contribution >= 0.6 is 0 Å². The number of hydrogen-bond acceptors (Lipinski definition) is 2. The normalized spacial score (nSPS) is 47.4. The smallest absolute Gasteiger partial charge is 0.0926 e. The first-order valence-corrected chi connectivity index (χ1v) is 14.8. The van der Waals surface area contributed by atoms with Crippen LogP contribution < -0.4 is 48.0 Å². The Labute approximate surface area is 255 Å². The van der Waals surface area contributed by atoms with Gasteiger partial charge in [0.15, 0.2) is 0 Å². The Hall–Kier alpha value is 1.04. The zero-order chi connectivity index (χ0) is 23.9. The molecule has 6 aliphatic rings. The van der Waals surface area contributed by atoms with Gasteiger partial charge in [-0.2, -0.15) is 0 Å². The van der Waals surface area contributed by atoms with Crippen LogP contribution in [0.4, 0.5) is 0 Å². The molecule has 5 fully saturated rings. The predicted molar refractivity (Wildman–Crippen MR) is 139 cm³/mol. The Kier molecular flexibility index (Phi) is 8.72. The summed E-state index contributed by atoms with van der Waals surface area (Å²) in [6.07, 6.45) is 14.8. The van der Waals surface area contributed by atoms with Crippen LogP contribution in [0.15, 0.2) is 11.6 Å². The number of hydrogen-bond donors (Lipinski definition) is 1. The van der Waals surface area contributed by atoms with Crippen molar-refractivity contribution < 1.29 is 62.0 Å². The van der Waals surface area contributed by atoms with E-state index >= 15 is 0 Å². The van der Waals surface area contributed by atoms with Crippen molar-refractivity contribution in [2.24, 2.45) is 28.6 Å². The molecule has 0 aromatic heterocycles. The van der Waals surface area contributed by atoms with Gasteiger partial charge in [0.2, 0.25) is 0 Å². The van der Waals surface area contributed by atoms with E-state index in [1.165, 1.54) is 88.4 Å². The summed E-state index contributed by atoms with van der Waals surface area (Å²) in [5.74, 6) is 2.33. The number of quaternary nitrogens is 2. The second-order valence-electron chi connectivity index (χ2n) is 15.0. The van der Waals surface area contributed by atoms with Gasteiger partial charge in [0.25, 0.3) is 0 Å². The molecule has 208 valence electrons. The topological polar surface area (TPSA) is 23.5 Å². The highest BCUT2D eigenvalue weighted by Crippen LogP contribution is 2.65. The van der Waals surface area contributed by atoms with Crippen LogP contribution in [0.1, 0.15) is 71.6 Å². The Balaban J connectivity index is 0.00000152. The van der Waals surface area contributed by atoms with Crippen LogP contribution in [0, 0.1) is 28.6 Å². The van der Waals surface area contributed by atoms with Crippen molar-refractivity contribution in [1.82, 2.24) is 4.90 Å². The number of nitrogens with zero attached hydrogens (tertiary/aromatic N) is 3. The molecule has 8 atom stereocenters. The lowest BCUT2D eigenvalue weighted by Gasteiger charge is -2.58. The van der Waals surface area contributed by atoms with Crippen molar-refractivity contribution in [2.45, 2.75) is 89.8 Å². The molecule has 1 N–H and O–H groups in total. The molecule has 0 bridgehead atoms. The number of halogens is 2. The fourth-order valence-electron chi connectivity index (χ4n) is 10.3. The van der Waals surface area contributed by atoms with Crippen molar-refractivity contribution in [2.75, 3.05) is 60.4 Å². The van der Waals surface area contributed by atoms with Crippen LogP contribution in [0.2, 0.25) is 0 Å². The van der Waals surface area contributed by atoms with Gasteiger partial charge in [0.1, 0.15) is 0 Å². The summed E-state index contributed by atoms with van der Waals surface area (Å²) in [5, 5.41) is 11.7. The molecule has 2 heterocycles. The van der Waals surface area contributed by atoms with Crippen LogP contribution in [-0.2, 0) is 0 Å². The molecule has 2 saturated heterocycles. The first-order chi connectivity index (χ1) is 16.1. The average molecular weight is 726 g/mol. The summed E-state index contributed by atoms with van der Waals surface area (Å²) in [5.41, 5.74) is 2.39. The molecule has 0 aromatic rings. The minimum atomic E-state index is -0.138. The van der Waals surface area contributed by atoms with Gasteiger partial charge in [0.05, 0.1) is 59.5 Å². The summed E-state index contributed by atoms with van der Waals surface area (Å²) in [4.78, 5) is 2.68. The van der Waals surface area contributed by atoms with Crippen molar-refractivity contribution >= 4 is 0 Å². The van der Waals surface area contributed by atoms with Gasteiger partial charge in [-0.25, -0.2) is 0 Å². The molecule has 3 saturated carbocycles. The molecule has 0 spiro atoms. The SMILES string of the molecule is C[C@]12CC[C@H]3[C@@H](CC=C4C[C@@H]([N+]5(C)CCCC5)CC[C@@]43C)[C@@H]1C[C@H](N1CC[N+](C)(C)CC1)[C@@H]2O.[I-].[I-]. The van der Waals surface area contributed by atoms with Gasteiger partial charge in [-0.15, -0.1) is 0 Å². The number of fused-ring (bicyclic) bond motifs is 5. The maximum atomic E-state index is 11.7. The van der Waals surface area contributed by atoms with Crippen molar-refractivity contribution in [3.05, 3.63) is 11.6 Å². The third kappa shape index (κ3) is 4.69. The first kappa shape index (κ1) is 30.0. The number of rotatable bonds is 2. The molecule has 2 aliphatic heterocycles. The lowest BCUT2D eigenvalue weighted by molar-refractivity contribution is -0.923. The maximum Gasteiger partial charge on any atom is 0.0926 e. The fourth-order valence-corrected chi connectivity index (χ4v) is 10.3. The third-order valence-electron chi connectivity index (χ3n) is 13.0. The van der Waals surface area contributed by atoms with E-state index in [1.54, 1.807) is 0 Å². The van der Waals surface area contributed by atoms with E-state index in [4.69, 9.17) is 0 Å². The van der Waals surface area contributed by atoms with Gasteiger partial charge >= 0.3 is 0 Å². The molecule has 6 rings (SSSR count). The maximum absolute atomic E-state index is 11.7. The zero-order valence-electron chi connectivity index (χ0n) is 23.7. The molecule has 36 heavy (non-hydrogen) atoms. The number of aliphatic hydroxyl groups excluding tert-OH is 1. The third-order valence-corrected chi connectivity index (χ3v) is 13.0. The fraction of sp³-hybridized carbons (Fsp3) is 0.933. The van der Waals surface area contributed by atoms with Gasteiger partial charge in [-0.05, 0) is 60.7 Å². The van der Waals surface area contributed by atoms with E-state index in [9.17, 15) is 5.11 Å². The van der Waals surface area contributed by atoms with E-state index in [0.717, 1.165) is 35.5 Å². The highest BCUT2D eigenvalue weighted by Gasteiger charge is 2.62. The highest BCUT2D eigenvalue weighted by atomic mass is 127. The monoisotopic (exact) mass is 725 g/mol. The van der Waals surface area contributed by atoms with Gasteiger partial charge in [-0.1, -0.05) is 25.5 Å². The lowest BCUT2D eigenvalue weighted by atomic mass is 9.47. The quantitative estimate of drug-likeness (QED) is 0.209. The number of allylic oxidation sites excluding steroid dienone is 1. The second-order valence-corrected chi connectivity index (χ2v) is 15.0. The van der Waals surface area contributed by atoms with Crippen LogP contribution in [-0.4, -0.2) is 97.6 Å². The van der Waals surface area contributed by atoms with Crippen LogP contribution in [0.25, 0.3) is 0 Å². The first-order valence-electron chi connectivity index (χ1n) is 14.8.